The quantitative estimate of drug-likeness (QED) is 0.734. The summed E-state index contributed by atoms with van der Waals surface area (Å²) in [6.45, 7) is 5.19. The molecule has 0 bridgehead atoms. The Morgan fingerprint density at radius 2 is 2.00 bits per heavy atom. The Morgan fingerprint density at radius 3 is 2.52 bits per heavy atom. The molecule has 0 saturated heterocycles. The summed E-state index contributed by atoms with van der Waals surface area (Å²) in [6, 6.07) is 3.31. The summed E-state index contributed by atoms with van der Waals surface area (Å²) in [5.41, 5.74) is 0. The van der Waals surface area contributed by atoms with Crippen molar-refractivity contribution in [3.8, 4) is 0 Å². The van der Waals surface area contributed by atoms with Gasteiger partial charge in [-0.3, -0.25) is 4.79 Å². The van der Waals surface area contributed by atoms with Crippen LogP contribution >= 0.6 is 11.3 Å². The fraction of sp³-hybridized carbons (Fsp3) is 0.643. The molecule has 0 aliphatic carbocycles. The molecule has 0 radical (unpaired) electrons. The molecular formula is C14H24N2O3S2. The molecule has 1 aromatic heterocycles. The van der Waals surface area contributed by atoms with Gasteiger partial charge in [-0.05, 0) is 23.8 Å². The van der Waals surface area contributed by atoms with Crippen molar-refractivity contribution in [3.05, 3.63) is 17.5 Å². The Morgan fingerprint density at radius 1 is 1.33 bits per heavy atom. The van der Waals surface area contributed by atoms with Crippen molar-refractivity contribution < 1.29 is 13.2 Å². The van der Waals surface area contributed by atoms with Crippen molar-refractivity contribution in [3.63, 3.8) is 0 Å². The number of amides is 1. The Bertz CT molecular complexity index is 539. The molecule has 1 amide bonds. The van der Waals surface area contributed by atoms with E-state index in [1.165, 1.54) is 15.6 Å². The molecule has 1 aromatic rings. The van der Waals surface area contributed by atoms with E-state index < -0.39 is 10.0 Å². The molecule has 0 aliphatic heterocycles. The van der Waals surface area contributed by atoms with Crippen LogP contribution in [-0.2, 0) is 14.8 Å². The van der Waals surface area contributed by atoms with Gasteiger partial charge in [-0.2, -0.15) is 0 Å². The minimum atomic E-state index is -3.41. The van der Waals surface area contributed by atoms with Crippen LogP contribution in [0.2, 0.25) is 0 Å². The van der Waals surface area contributed by atoms with Gasteiger partial charge in [0.25, 0.3) is 10.0 Å². The topological polar surface area (TPSA) is 57.7 Å². The van der Waals surface area contributed by atoms with Gasteiger partial charge in [-0.15, -0.1) is 11.3 Å². The van der Waals surface area contributed by atoms with Crippen molar-refractivity contribution in [2.75, 3.05) is 27.2 Å². The summed E-state index contributed by atoms with van der Waals surface area (Å²) in [4.78, 5) is 13.6. The molecule has 0 atom stereocenters. The zero-order valence-electron chi connectivity index (χ0n) is 13.1. The highest BCUT2D eigenvalue weighted by atomic mass is 32.2. The van der Waals surface area contributed by atoms with Gasteiger partial charge in [0, 0.05) is 33.6 Å². The van der Waals surface area contributed by atoms with E-state index in [0.29, 0.717) is 29.5 Å². The van der Waals surface area contributed by atoms with Crippen molar-refractivity contribution in [2.24, 2.45) is 5.92 Å². The Kier molecular flexibility index (Phi) is 6.83. The smallest absolute Gasteiger partial charge is 0.252 e. The molecule has 5 nitrogen and oxygen atoms in total. The number of rotatable bonds is 8. The second-order valence-electron chi connectivity index (χ2n) is 5.53. The van der Waals surface area contributed by atoms with Crippen molar-refractivity contribution in [1.29, 1.82) is 0 Å². The van der Waals surface area contributed by atoms with Gasteiger partial charge in [-0.25, -0.2) is 12.7 Å². The minimum absolute atomic E-state index is 0.0608. The molecule has 0 aromatic carbocycles. The van der Waals surface area contributed by atoms with Gasteiger partial charge in [0.05, 0.1) is 0 Å². The summed E-state index contributed by atoms with van der Waals surface area (Å²) < 4.78 is 26.0. The van der Waals surface area contributed by atoms with Crippen LogP contribution in [0.15, 0.2) is 21.7 Å². The molecule has 0 fully saturated rings. The van der Waals surface area contributed by atoms with E-state index in [0.717, 1.165) is 6.54 Å². The predicted octanol–water partition coefficient (Wildman–Crippen LogP) is 2.26. The van der Waals surface area contributed by atoms with E-state index in [-0.39, 0.29) is 5.91 Å². The lowest BCUT2D eigenvalue weighted by atomic mass is 10.2. The Balaban J connectivity index is 2.44. The van der Waals surface area contributed by atoms with Crippen molar-refractivity contribution in [2.45, 2.75) is 30.9 Å². The van der Waals surface area contributed by atoms with Gasteiger partial charge in [-0.1, -0.05) is 19.9 Å². The molecule has 0 aliphatic rings. The first-order chi connectivity index (χ1) is 9.75. The number of hydrogen-bond acceptors (Lipinski definition) is 4. The average Bonchev–Trinajstić information content (AvgIpc) is 2.91. The van der Waals surface area contributed by atoms with Gasteiger partial charge in [0.15, 0.2) is 0 Å². The average molecular weight is 332 g/mol. The summed E-state index contributed by atoms with van der Waals surface area (Å²) in [5, 5.41) is 1.74. The molecule has 0 unspecified atom stereocenters. The largest absolute Gasteiger partial charge is 0.346 e. The number of hydrogen-bond donors (Lipinski definition) is 0. The minimum Gasteiger partial charge on any atom is -0.346 e. The highest BCUT2D eigenvalue weighted by Crippen LogP contribution is 2.20. The van der Waals surface area contributed by atoms with Crippen LogP contribution in [0.3, 0.4) is 0 Å². The van der Waals surface area contributed by atoms with Crippen LogP contribution < -0.4 is 0 Å². The molecule has 1 rings (SSSR count). The molecule has 21 heavy (non-hydrogen) atoms. The zero-order chi connectivity index (χ0) is 16.0. The molecule has 0 spiro atoms. The second kappa shape index (κ2) is 7.91. The number of thiophene rings is 1. The van der Waals surface area contributed by atoms with Gasteiger partial charge in [0.1, 0.15) is 4.21 Å². The van der Waals surface area contributed by atoms with Crippen LogP contribution in [0.25, 0.3) is 0 Å². The monoisotopic (exact) mass is 332 g/mol. The molecule has 1 heterocycles. The lowest BCUT2D eigenvalue weighted by molar-refractivity contribution is -0.130. The Hall–Kier alpha value is -0.920. The predicted molar refractivity (Wildman–Crippen MR) is 85.8 cm³/mol. The summed E-state index contributed by atoms with van der Waals surface area (Å²) in [5.74, 6) is 0.492. The maximum Gasteiger partial charge on any atom is 0.252 e. The van der Waals surface area contributed by atoms with E-state index in [1.54, 1.807) is 36.5 Å². The maximum atomic E-state index is 12.2. The SMILES string of the molecule is CC(C)CN(C)C(=O)CCCN(C)S(=O)(=O)c1cccs1. The van der Waals surface area contributed by atoms with Crippen LogP contribution in [0.1, 0.15) is 26.7 Å². The van der Waals surface area contributed by atoms with Crippen LogP contribution in [0.5, 0.6) is 0 Å². The maximum absolute atomic E-state index is 12.2. The molecular weight excluding hydrogens is 308 g/mol. The fourth-order valence-electron chi connectivity index (χ4n) is 1.98. The number of carbonyl (C=O) groups is 1. The van der Waals surface area contributed by atoms with E-state index >= 15 is 0 Å². The standard InChI is InChI=1S/C14H24N2O3S2/c1-12(2)11-15(3)13(17)7-5-9-16(4)21(18,19)14-8-6-10-20-14/h6,8,10,12H,5,7,9,11H2,1-4H3. The highest BCUT2D eigenvalue weighted by molar-refractivity contribution is 7.91. The van der Waals surface area contributed by atoms with E-state index in [1.807, 2.05) is 0 Å². The highest BCUT2D eigenvalue weighted by Gasteiger charge is 2.21. The first kappa shape index (κ1) is 18.1. The van der Waals surface area contributed by atoms with Crippen LogP contribution in [0, 0.1) is 5.92 Å². The van der Waals surface area contributed by atoms with E-state index in [9.17, 15) is 13.2 Å². The number of sulfonamides is 1. The molecule has 7 heteroatoms. The number of nitrogens with zero attached hydrogens (tertiary/aromatic N) is 2. The van der Waals surface area contributed by atoms with Crippen LogP contribution in [0.4, 0.5) is 0 Å². The van der Waals surface area contributed by atoms with Gasteiger partial charge < -0.3 is 4.90 Å². The summed E-state index contributed by atoms with van der Waals surface area (Å²) in [7, 11) is -0.0668. The summed E-state index contributed by atoms with van der Waals surface area (Å²) >= 11 is 1.20. The van der Waals surface area contributed by atoms with E-state index in [4.69, 9.17) is 0 Å². The second-order valence-corrected chi connectivity index (χ2v) is 8.75. The lowest BCUT2D eigenvalue weighted by Crippen LogP contribution is -2.32. The van der Waals surface area contributed by atoms with Crippen LogP contribution in [-0.4, -0.2) is 50.7 Å². The molecule has 0 saturated carbocycles. The van der Waals surface area contributed by atoms with Gasteiger partial charge in [0.2, 0.25) is 5.91 Å². The summed E-state index contributed by atoms with van der Waals surface area (Å²) in [6.07, 6.45) is 0.899. The Labute approximate surface area is 131 Å². The third kappa shape index (κ3) is 5.41. The third-order valence-corrected chi connectivity index (χ3v) is 6.32. The van der Waals surface area contributed by atoms with Gasteiger partial charge >= 0.3 is 0 Å². The first-order valence-electron chi connectivity index (χ1n) is 6.99. The van der Waals surface area contributed by atoms with Crippen molar-refractivity contribution in [1.82, 2.24) is 9.21 Å². The fourth-order valence-corrected chi connectivity index (χ4v) is 4.39. The normalized spacial score (nSPS) is 12.1. The lowest BCUT2D eigenvalue weighted by Gasteiger charge is -2.20. The molecule has 0 N–H and O–H groups in total. The first-order valence-corrected chi connectivity index (χ1v) is 9.31. The van der Waals surface area contributed by atoms with E-state index in [2.05, 4.69) is 13.8 Å². The molecule has 120 valence electrons. The number of carbonyl (C=O) groups excluding carboxylic acids is 1. The zero-order valence-corrected chi connectivity index (χ0v) is 14.7. The third-order valence-electron chi connectivity index (χ3n) is 3.09. The van der Waals surface area contributed by atoms with Crippen molar-refractivity contribution >= 4 is 27.3 Å².